The molecule has 0 aliphatic carbocycles. The highest BCUT2D eigenvalue weighted by Gasteiger charge is 2.29. The highest BCUT2D eigenvalue weighted by Crippen LogP contribution is 2.28. The van der Waals surface area contributed by atoms with Crippen molar-refractivity contribution in [2.75, 3.05) is 12.3 Å². The first-order valence-corrected chi connectivity index (χ1v) is 5.66. The number of anilines is 1. The van der Waals surface area contributed by atoms with Gasteiger partial charge >= 0.3 is 0 Å². The second-order valence-electron chi connectivity index (χ2n) is 3.63. The fraction of sp³-hybridized carbons (Fsp3) is 0.400. The summed E-state index contributed by atoms with van der Waals surface area (Å²) in [7, 11) is 0. The Labute approximate surface area is 97.0 Å². The number of aromatic nitrogens is 2. The molecule has 0 saturated carbocycles. The first-order chi connectivity index (χ1) is 7.18. The van der Waals surface area contributed by atoms with Gasteiger partial charge < -0.3 is 5.73 Å². The zero-order valence-corrected chi connectivity index (χ0v) is 10.1. The first kappa shape index (κ1) is 10.4. The normalized spacial score (nSPS) is 24.7. The Morgan fingerprint density at radius 2 is 2.47 bits per heavy atom. The van der Waals surface area contributed by atoms with Crippen LogP contribution in [-0.2, 0) is 5.54 Å². The third-order valence-electron chi connectivity index (χ3n) is 2.73. The molecule has 0 bridgehead atoms. The average Bonchev–Trinajstić information content (AvgIpc) is 2.61. The molecule has 0 radical (unpaired) electrons. The van der Waals surface area contributed by atoms with Gasteiger partial charge in [0.1, 0.15) is 5.54 Å². The van der Waals surface area contributed by atoms with Gasteiger partial charge in [-0.2, -0.15) is 5.10 Å². The molecule has 1 aromatic heterocycles. The molecule has 2 heterocycles. The highest BCUT2D eigenvalue weighted by molar-refractivity contribution is 9.10. The maximum Gasteiger partial charge on any atom is 0.151 e. The predicted molar refractivity (Wildman–Crippen MR) is 65.1 cm³/mol. The SMILES string of the molecule is CCC1(n2cc(N)c(Br)n2)C=CC=NC1. The molecule has 0 saturated heterocycles. The lowest BCUT2D eigenvalue weighted by molar-refractivity contribution is 0.330. The fourth-order valence-corrected chi connectivity index (χ4v) is 1.95. The Bertz CT molecular complexity index is 402. The topological polar surface area (TPSA) is 56.2 Å². The van der Waals surface area contributed by atoms with Crippen LogP contribution in [0, 0.1) is 0 Å². The lowest BCUT2D eigenvalue weighted by Gasteiger charge is -2.29. The Morgan fingerprint density at radius 1 is 1.67 bits per heavy atom. The van der Waals surface area contributed by atoms with Gasteiger partial charge in [-0.15, -0.1) is 0 Å². The Hall–Kier alpha value is -1.10. The van der Waals surface area contributed by atoms with Gasteiger partial charge in [0, 0.05) is 6.21 Å². The smallest absolute Gasteiger partial charge is 0.151 e. The van der Waals surface area contributed by atoms with Crippen molar-refractivity contribution in [3.63, 3.8) is 0 Å². The number of rotatable bonds is 2. The summed E-state index contributed by atoms with van der Waals surface area (Å²) in [5, 5.41) is 4.36. The van der Waals surface area contributed by atoms with E-state index < -0.39 is 0 Å². The van der Waals surface area contributed by atoms with E-state index in [2.05, 4.69) is 39.0 Å². The van der Waals surface area contributed by atoms with Gasteiger partial charge in [-0.3, -0.25) is 9.67 Å². The summed E-state index contributed by atoms with van der Waals surface area (Å²) in [6.45, 7) is 2.84. The molecule has 0 aromatic carbocycles. The first-order valence-electron chi connectivity index (χ1n) is 4.87. The van der Waals surface area contributed by atoms with Crippen LogP contribution in [0.2, 0.25) is 0 Å². The monoisotopic (exact) mass is 268 g/mol. The fourth-order valence-electron chi connectivity index (χ4n) is 1.68. The lowest BCUT2D eigenvalue weighted by atomic mass is 9.94. The molecular weight excluding hydrogens is 256 g/mol. The number of aliphatic imine (C=N–C) groups is 1. The molecule has 15 heavy (non-hydrogen) atoms. The molecule has 80 valence electrons. The maximum atomic E-state index is 5.77. The summed E-state index contributed by atoms with van der Waals surface area (Å²) in [5.74, 6) is 0. The van der Waals surface area contributed by atoms with Crippen molar-refractivity contribution in [1.29, 1.82) is 0 Å². The third kappa shape index (κ3) is 1.71. The summed E-state index contributed by atoms with van der Waals surface area (Å²) in [4.78, 5) is 4.29. The molecule has 1 aliphatic rings. The maximum absolute atomic E-state index is 5.77. The summed E-state index contributed by atoms with van der Waals surface area (Å²) in [6, 6.07) is 0. The number of dihydropyridines is 1. The second-order valence-corrected chi connectivity index (χ2v) is 4.38. The van der Waals surface area contributed by atoms with Gasteiger partial charge in [0.2, 0.25) is 0 Å². The summed E-state index contributed by atoms with van der Waals surface area (Å²) >= 11 is 3.32. The quantitative estimate of drug-likeness (QED) is 0.892. The minimum absolute atomic E-state index is 0.158. The van der Waals surface area contributed by atoms with Crippen molar-refractivity contribution in [3.8, 4) is 0 Å². The molecule has 0 spiro atoms. The van der Waals surface area contributed by atoms with E-state index in [1.165, 1.54) is 0 Å². The molecule has 0 amide bonds. The van der Waals surface area contributed by atoms with Crippen LogP contribution in [-0.4, -0.2) is 22.5 Å². The van der Waals surface area contributed by atoms with Crippen molar-refractivity contribution in [3.05, 3.63) is 23.0 Å². The number of allylic oxidation sites excluding steroid dienone is 1. The molecule has 2 N–H and O–H groups in total. The summed E-state index contributed by atoms with van der Waals surface area (Å²) in [5.41, 5.74) is 6.27. The van der Waals surface area contributed by atoms with Crippen LogP contribution in [0.25, 0.3) is 0 Å². The number of hydrogen-bond donors (Lipinski definition) is 1. The molecular formula is C10H13BrN4. The van der Waals surface area contributed by atoms with E-state index in [0.717, 1.165) is 6.42 Å². The van der Waals surface area contributed by atoms with E-state index >= 15 is 0 Å². The Balaban J connectivity index is 2.42. The van der Waals surface area contributed by atoms with Crippen LogP contribution in [0.5, 0.6) is 0 Å². The summed E-state index contributed by atoms with van der Waals surface area (Å²) < 4.78 is 2.58. The van der Waals surface area contributed by atoms with Crippen LogP contribution in [0.1, 0.15) is 13.3 Å². The predicted octanol–water partition coefficient (Wildman–Crippen LogP) is 1.97. The lowest BCUT2D eigenvalue weighted by Crippen LogP contribution is -2.36. The minimum atomic E-state index is -0.158. The van der Waals surface area contributed by atoms with Crippen molar-refractivity contribution in [1.82, 2.24) is 9.78 Å². The number of nitrogens with two attached hydrogens (primary N) is 1. The van der Waals surface area contributed by atoms with Gasteiger partial charge in [-0.05, 0) is 28.4 Å². The number of hydrogen-bond acceptors (Lipinski definition) is 3. The van der Waals surface area contributed by atoms with Crippen molar-refractivity contribution >= 4 is 27.8 Å². The molecule has 1 aliphatic heterocycles. The van der Waals surface area contributed by atoms with E-state index in [9.17, 15) is 0 Å². The molecule has 1 atom stereocenters. The van der Waals surface area contributed by atoms with Crippen LogP contribution in [0.3, 0.4) is 0 Å². The van der Waals surface area contributed by atoms with Crippen LogP contribution in [0.15, 0.2) is 27.9 Å². The second kappa shape index (κ2) is 3.81. The minimum Gasteiger partial charge on any atom is -0.395 e. The van der Waals surface area contributed by atoms with Gasteiger partial charge in [-0.1, -0.05) is 13.0 Å². The zero-order valence-electron chi connectivity index (χ0n) is 8.52. The molecule has 1 unspecified atom stereocenters. The zero-order chi connectivity index (χ0) is 10.9. The van der Waals surface area contributed by atoms with E-state index in [4.69, 9.17) is 5.73 Å². The summed E-state index contributed by atoms with van der Waals surface area (Å²) in [6.07, 6.45) is 8.68. The molecule has 2 rings (SSSR count). The van der Waals surface area contributed by atoms with Gasteiger partial charge in [-0.25, -0.2) is 0 Å². The van der Waals surface area contributed by atoms with Gasteiger partial charge in [0.25, 0.3) is 0 Å². The van der Waals surface area contributed by atoms with E-state index in [-0.39, 0.29) is 5.54 Å². The number of halogens is 1. The molecule has 5 heteroatoms. The largest absolute Gasteiger partial charge is 0.395 e. The molecule has 1 aromatic rings. The van der Waals surface area contributed by atoms with Crippen LogP contribution >= 0.6 is 15.9 Å². The molecule has 0 fully saturated rings. The Morgan fingerprint density at radius 3 is 2.93 bits per heavy atom. The van der Waals surface area contributed by atoms with Crippen molar-refractivity contribution < 1.29 is 0 Å². The van der Waals surface area contributed by atoms with Crippen molar-refractivity contribution in [2.24, 2.45) is 4.99 Å². The standard InChI is InChI=1S/C10H13BrN4/c1-2-10(4-3-5-13-7-10)15-6-8(12)9(11)14-15/h3-6H,2,7,12H2,1H3. The van der Waals surface area contributed by atoms with E-state index in [1.54, 1.807) is 0 Å². The van der Waals surface area contributed by atoms with Gasteiger partial charge in [0.05, 0.1) is 18.4 Å². The van der Waals surface area contributed by atoms with E-state index in [0.29, 0.717) is 16.8 Å². The van der Waals surface area contributed by atoms with E-state index in [1.807, 2.05) is 23.2 Å². The van der Waals surface area contributed by atoms with Gasteiger partial charge in [0.15, 0.2) is 4.60 Å². The average molecular weight is 269 g/mol. The third-order valence-corrected chi connectivity index (χ3v) is 3.34. The van der Waals surface area contributed by atoms with Crippen molar-refractivity contribution in [2.45, 2.75) is 18.9 Å². The van der Waals surface area contributed by atoms with Crippen LogP contribution in [0.4, 0.5) is 5.69 Å². The number of nitrogen functional groups attached to an aromatic ring is 1. The number of nitrogens with zero attached hydrogens (tertiary/aromatic N) is 3. The highest BCUT2D eigenvalue weighted by atomic mass is 79.9. The Kier molecular flexibility index (Phi) is 2.65. The molecule has 4 nitrogen and oxygen atoms in total. The van der Waals surface area contributed by atoms with Crippen LogP contribution < -0.4 is 5.73 Å².